The van der Waals surface area contributed by atoms with Crippen molar-refractivity contribution in [2.75, 3.05) is 20.5 Å². The Morgan fingerprint density at radius 3 is 2.54 bits per heavy atom. The Morgan fingerprint density at radius 1 is 1.08 bits per heavy atom. The van der Waals surface area contributed by atoms with E-state index in [0.717, 1.165) is 11.1 Å². The van der Waals surface area contributed by atoms with E-state index in [9.17, 15) is 9.59 Å². The van der Waals surface area contributed by atoms with Crippen molar-refractivity contribution in [2.24, 2.45) is 4.99 Å². The van der Waals surface area contributed by atoms with Crippen LogP contribution in [0.2, 0.25) is 0 Å². The standard InChI is InChI=1S/C35H32Br2N2O8S/c1-6-43-34(41)30-19(4)38-35-39(31(30)22-8-10-26(47-18(2)3)27(15-22)42-5)33(40)29(48-35)14-21-11-23(36)32(24(37)12-21)44-16-20-7-9-25-28(13-20)46-17-45-25/h7-15,18,31H,6,16-17H2,1-5H3/b29-14-/t31-/m1/s1. The van der Waals surface area contributed by atoms with E-state index in [1.54, 1.807) is 43.7 Å². The third-order valence-electron chi connectivity index (χ3n) is 7.52. The number of rotatable bonds is 10. The van der Waals surface area contributed by atoms with E-state index in [4.69, 9.17) is 28.4 Å². The molecule has 1 aromatic heterocycles. The zero-order chi connectivity index (χ0) is 34.1. The van der Waals surface area contributed by atoms with Gasteiger partial charge in [-0.25, -0.2) is 9.79 Å². The highest BCUT2D eigenvalue weighted by atomic mass is 79.9. The number of thiazole rings is 1. The van der Waals surface area contributed by atoms with Crippen LogP contribution in [0, 0.1) is 0 Å². The van der Waals surface area contributed by atoms with Crippen molar-refractivity contribution in [1.29, 1.82) is 0 Å². The second kappa shape index (κ2) is 14.2. The first kappa shape index (κ1) is 33.8. The first-order chi connectivity index (χ1) is 23.1. The number of ether oxygens (including phenoxy) is 6. The van der Waals surface area contributed by atoms with Crippen LogP contribution < -0.4 is 38.6 Å². The molecule has 0 aliphatic carbocycles. The van der Waals surface area contributed by atoms with Crippen molar-refractivity contribution < 1.29 is 33.2 Å². The number of fused-ring (bicyclic) bond motifs is 2. The minimum Gasteiger partial charge on any atom is -0.493 e. The first-order valence-corrected chi connectivity index (χ1v) is 17.5. The van der Waals surface area contributed by atoms with Gasteiger partial charge in [-0.2, -0.15) is 0 Å². The molecule has 13 heteroatoms. The molecule has 3 heterocycles. The van der Waals surface area contributed by atoms with Crippen molar-refractivity contribution in [2.45, 2.75) is 46.4 Å². The number of esters is 1. The van der Waals surface area contributed by atoms with E-state index < -0.39 is 12.0 Å². The Labute approximate surface area is 297 Å². The van der Waals surface area contributed by atoms with Crippen LogP contribution >= 0.6 is 43.2 Å². The monoisotopic (exact) mass is 798 g/mol. The predicted molar refractivity (Wildman–Crippen MR) is 188 cm³/mol. The number of carbonyl (C=O) groups is 1. The highest BCUT2D eigenvalue weighted by Gasteiger charge is 2.34. The molecule has 250 valence electrons. The molecule has 4 aromatic rings. The molecule has 10 nitrogen and oxygen atoms in total. The molecule has 0 N–H and O–H groups in total. The number of hydrogen-bond acceptors (Lipinski definition) is 10. The fourth-order valence-electron chi connectivity index (χ4n) is 5.45. The van der Waals surface area contributed by atoms with Crippen molar-refractivity contribution in [3.05, 3.63) is 105 Å². The SMILES string of the molecule is CCOC(=O)C1=C(C)N=c2s/c(=C\c3cc(Br)c(OCc4ccc5c(c4)OCO5)c(Br)c3)c(=O)n2[C@@H]1c1ccc(OC(C)C)c(OC)c1. The van der Waals surface area contributed by atoms with Crippen LogP contribution in [0.4, 0.5) is 0 Å². The maximum absolute atomic E-state index is 14.2. The van der Waals surface area contributed by atoms with Gasteiger partial charge in [0.15, 0.2) is 27.8 Å². The maximum Gasteiger partial charge on any atom is 0.338 e. The number of nitrogens with zero attached hydrogens (tertiary/aromatic N) is 2. The number of halogens is 2. The number of benzene rings is 3. The van der Waals surface area contributed by atoms with Crippen LogP contribution in [0.25, 0.3) is 6.08 Å². The molecule has 6 rings (SSSR count). The first-order valence-electron chi connectivity index (χ1n) is 15.1. The van der Waals surface area contributed by atoms with Crippen molar-refractivity contribution in [3.63, 3.8) is 0 Å². The second-order valence-electron chi connectivity index (χ2n) is 11.2. The second-order valence-corrected chi connectivity index (χ2v) is 13.9. The summed E-state index contributed by atoms with van der Waals surface area (Å²) in [6.07, 6.45) is 1.72. The number of carbonyl (C=O) groups excluding carboxylic acids is 1. The molecule has 3 aromatic carbocycles. The Bertz CT molecular complexity index is 2100. The van der Waals surface area contributed by atoms with E-state index in [0.29, 0.717) is 64.9 Å². The third kappa shape index (κ3) is 6.76. The van der Waals surface area contributed by atoms with Gasteiger partial charge in [-0.1, -0.05) is 23.5 Å². The van der Waals surface area contributed by atoms with Gasteiger partial charge < -0.3 is 28.4 Å². The molecule has 0 bridgehead atoms. The van der Waals surface area contributed by atoms with Gasteiger partial charge in [0.05, 0.1) is 50.6 Å². The fourth-order valence-corrected chi connectivity index (χ4v) is 7.95. The highest BCUT2D eigenvalue weighted by Crippen LogP contribution is 2.38. The third-order valence-corrected chi connectivity index (χ3v) is 9.68. The van der Waals surface area contributed by atoms with Crippen LogP contribution in [0.15, 0.2) is 78.5 Å². The molecule has 0 radical (unpaired) electrons. The van der Waals surface area contributed by atoms with Gasteiger partial charge in [-0.15, -0.1) is 0 Å². The van der Waals surface area contributed by atoms with Crippen LogP contribution in [-0.4, -0.2) is 37.1 Å². The van der Waals surface area contributed by atoms with Gasteiger partial charge in [0, 0.05) is 0 Å². The Kier molecular flexibility index (Phi) is 10.00. The summed E-state index contributed by atoms with van der Waals surface area (Å²) in [5.41, 5.74) is 2.79. The minimum absolute atomic E-state index is 0.0737. The van der Waals surface area contributed by atoms with E-state index in [1.165, 1.54) is 11.3 Å². The van der Waals surface area contributed by atoms with Crippen molar-refractivity contribution in [3.8, 4) is 28.7 Å². The minimum atomic E-state index is -0.796. The molecular formula is C35H32Br2N2O8S. The Hall–Kier alpha value is -4.07. The fraction of sp³-hybridized carbons (Fsp3) is 0.286. The maximum atomic E-state index is 14.2. The summed E-state index contributed by atoms with van der Waals surface area (Å²) in [5.74, 6) is 2.51. The largest absolute Gasteiger partial charge is 0.493 e. The number of methoxy groups -OCH3 is 1. The lowest BCUT2D eigenvalue weighted by Crippen LogP contribution is -2.40. The van der Waals surface area contributed by atoms with Crippen LogP contribution in [-0.2, 0) is 16.1 Å². The van der Waals surface area contributed by atoms with Gasteiger partial charge in [0.2, 0.25) is 6.79 Å². The van der Waals surface area contributed by atoms with E-state index in [2.05, 4.69) is 36.9 Å². The van der Waals surface area contributed by atoms with Crippen molar-refractivity contribution in [1.82, 2.24) is 4.57 Å². The normalized spacial score (nSPS) is 15.3. The molecule has 1 atom stereocenters. The molecule has 0 spiro atoms. The van der Waals surface area contributed by atoms with Crippen molar-refractivity contribution >= 4 is 55.2 Å². The number of hydrogen-bond donors (Lipinski definition) is 0. The highest BCUT2D eigenvalue weighted by molar-refractivity contribution is 9.11. The lowest BCUT2D eigenvalue weighted by molar-refractivity contribution is -0.139. The average Bonchev–Trinajstić information content (AvgIpc) is 3.63. The molecule has 0 saturated heterocycles. The molecule has 0 fully saturated rings. The topological polar surface area (TPSA) is 107 Å². The molecule has 2 aliphatic rings. The average molecular weight is 801 g/mol. The Balaban J connectivity index is 1.37. The van der Waals surface area contributed by atoms with Gasteiger partial charge in [-0.3, -0.25) is 9.36 Å². The molecule has 48 heavy (non-hydrogen) atoms. The summed E-state index contributed by atoms with van der Waals surface area (Å²) in [7, 11) is 1.55. The quantitative estimate of drug-likeness (QED) is 0.169. The summed E-state index contributed by atoms with van der Waals surface area (Å²) in [4.78, 5) is 32.6. The summed E-state index contributed by atoms with van der Waals surface area (Å²) >= 11 is 8.51. The lowest BCUT2D eigenvalue weighted by atomic mass is 9.95. The molecular weight excluding hydrogens is 768 g/mol. The Morgan fingerprint density at radius 2 is 1.83 bits per heavy atom. The number of allylic oxidation sites excluding steroid dienone is 1. The summed E-state index contributed by atoms with van der Waals surface area (Å²) in [6.45, 7) is 8.03. The van der Waals surface area contributed by atoms with E-state index in [1.807, 2.05) is 50.2 Å². The smallest absolute Gasteiger partial charge is 0.338 e. The summed E-state index contributed by atoms with van der Waals surface area (Å²) in [6, 6.07) is 14.0. The summed E-state index contributed by atoms with van der Waals surface area (Å²) < 4.78 is 37.4. The molecule has 0 saturated carbocycles. The lowest BCUT2D eigenvalue weighted by Gasteiger charge is -2.25. The van der Waals surface area contributed by atoms with Crippen LogP contribution in [0.5, 0.6) is 28.7 Å². The predicted octanol–water partition coefficient (Wildman–Crippen LogP) is 6.43. The molecule has 0 unspecified atom stereocenters. The van der Waals surface area contributed by atoms with E-state index in [-0.39, 0.29) is 30.6 Å². The zero-order valence-corrected chi connectivity index (χ0v) is 30.8. The van der Waals surface area contributed by atoms with E-state index >= 15 is 0 Å². The van der Waals surface area contributed by atoms with Gasteiger partial charge in [0.1, 0.15) is 12.4 Å². The zero-order valence-electron chi connectivity index (χ0n) is 26.8. The van der Waals surface area contributed by atoms with Gasteiger partial charge in [-0.05, 0) is 119 Å². The summed E-state index contributed by atoms with van der Waals surface area (Å²) in [5, 5.41) is 0. The molecule has 2 aliphatic heterocycles. The molecule has 0 amide bonds. The number of aromatic nitrogens is 1. The van der Waals surface area contributed by atoms with Crippen LogP contribution in [0.3, 0.4) is 0 Å². The van der Waals surface area contributed by atoms with Gasteiger partial charge in [0.25, 0.3) is 5.56 Å². The van der Waals surface area contributed by atoms with Crippen LogP contribution in [0.1, 0.15) is 50.4 Å². The van der Waals surface area contributed by atoms with Gasteiger partial charge >= 0.3 is 5.97 Å².